The van der Waals surface area contributed by atoms with Gasteiger partial charge in [-0.3, -0.25) is 0 Å². The van der Waals surface area contributed by atoms with Gasteiger partial charge in [-0.05, 0) is 48.4 Å². The molecule has 2 rings (SSSR count). The molecule has 0 amide bonds. The number of benzene rings is 2. The molecular weight excluding hydrogens is 288 g/mol. The van der Waals surface area contributed by atoms with Crippen LogP contribution in [-0.4, -0.2) is 7.05 Å². The smallest absolute Gasteiger partial charge is 0.0426 e. The van der Waals surface area contributed by atoms with E-state index in [1.165, 1.54) is 16.8 Å². The van der Waals surface area contributed by atoms with Crippen molar-refractivity contribution < 1.29 is 0 Å². The van der Waals surface area contributed by atoms with Gasteiger partial charge in [0.1, 0.15) is 0 Å². The summed E-state index contributed by atoms with van der Waals surface area (Å²) in [6.07, 6.45) is 0. The molecule has 0 aliphatic heterocycles. The molecule has 0 aliphatic carbocycles. The number of nitrogen functional groups attached to an aromatic ring is 1. The van der Waals surface area contributed by atoms with Crippen molar-refractivity contribution in [3.05, 3.63) is 58.1 Å². The maximum Gasteiger partial charge on any atom is 0.0426 e. The molecule has 0 aliphatic rings. The molecule has 0 aromatic heterocycles. The second kappa shape index (κ2) is 5.44. The molecule has 3 heteroatoms. The molecule has 0 atom stereocenters. The molecule has 0 bridgehead atoms. The zero-order valence-corrected chi connectivity index (χ0v) is 12.2. The maximum atomic E-state index is 5.69. The Kier molecular flexibility index (Phi) is 3.92. The van der Waals surface area contributed by atoms with Crippen LogP contribution in [0.5, 0.6) is 0 Å². The summed E-state index contributed by atoms with van der Waals surface area (Å²) in [4.78, 5) is 2.23. The van der Waals surface area contributed by atoms with E-state index < -0.39 is 0 Å². The van der Waals surface area contributed by atoms with Crippen molar-refractivity contribution in [2.45, 2.75) is 13.5 Å². The van der Waals surface area contributed by atoms with Gasteiger partial charge in [0.15, 0.2) is 0 Å². The molecule has 0 saturated carbocycles. The molecule has 0 radical (unpaired) electrons. The predicted octanol–water partition coefficient (Wildman–Crippen LogP) is 3.98. The summed E-state index contributed by atoms with van der Waals surface area (Å²) in [5.74, 6) is 0. The molecule has 0 saturated heterocycles. The standard InChI is InChI=1S/C15H17BrN2/c1-11-9-14(7-8-15(11)16)18(2)10-12-3-5-13(17)6-4-12/h3-9H,10,17H2,1-2H3. The first-order valence-electron chi connectivity index (χ1n) is 5.88. The second-order valence-electron chi connectivity index (χ2n) is 4.53. The van der Waals surface area contributed by atoms with Gasteiger partial charge in [0.25, 0.3) is 0 Å². The minimum Gasteiger partial charge on any atom is -0.399 e. The average molecular weight is 305 g/mol. The van der Waals surface area contributed by atoms with Crippen molar-refractivity contribution in [1.82, 2.24) is 0 Å². The van der Waals surface area contributed by atoms with Crippen molar-refractivity contribution in [1.29, 1.82) is 0 Å². The highest BCUT2D eigenvalue weighted by Gasteiger charge is 2.04. The number of aryl methyl sites for hydroxylation is 1. The summed E-state index contributed by atoms with van der Waals surface area (Å²) in [6.45, 7) is 2.98. The van der Waals surface area contributed by atoms with Crippen LogP contribution in [0.25, 0.3) is 0 Å². The average Bonchev–Trinajstić information content (AvgIpc) is 2.35. The first-order chi connectivity index (χ1) is 8.56. The zero-order chi connectivity index (χ0) is 13.1. The van der Waals surface area contributed by atoms with Gasteiger partial charge in [0.05, 0.1) is 0 Å². The lowest BCUT2D eigenvalue weighted by molar-refractivity contribution is 0.922. The Morgan fingerprint density at radius 2 is 1.78 bits per heavy atom. The van der Waals surface area contributed by atoms with E-state index in [1.54, 1.807) is 0 Å². The Morgan fingerprint density at radius 3 is 2.39 bits per heavy atom. The molecule has 18 heavy (non-hydrogen) atoms. The van der Waals surface area contributed by atoms with Gasteiger partial charge in [0, 0.05) is 29.4 Å². The van der Waals surface area contributed by atoms with Crippen LogP contribution in [0, 0.1) is 6.92 Å². The fourth-order valence-corrected chi connectivity index (χ4v) is 2.10. The van der Waals surface area contributed by atoms with Crippen LogP contribution in [0.15, 0.2) is 46.9 Å². The fraction of sp³-hybridized carbons (Fsp3) is 0.200. The number of anilines is 2. The largest absolute Gasteiger partial charge is 0.399 e. The van der Waals surface area contributed by atoms with Crippen LogP contribution < -0.4 is 10.6 Å². The van der Waals surface area contributed by atoms with E-state index >= 15 is 0 Å². The van der Waals surface area contributed by atoms with Crippen LogP contribution in [0.1, 0.15) is 11.1 Å². The van der Waals surface area contributed by atoms with E-state index in [1.807, 2.05) is 12.1 Å². The minimum absolute atomic E-state index is 0.806. The van der Waals surface area contributed by atoms with E-state index in [0.717, 1.165) is 16.7 Å². The summed E-state index contributed by atoms with van der Waals surface area (Å²) < 4.78 is 1.15. The van der Waals surface area contributed by atoms with Crippen molar-refractivity contribution in [3.8, 4) is 0 Å². The summed E-state index contributed by atoms with van der Waals surface area (Å²) in [7, 11) is 2.10. The third kappa shape index (κ3) is 3.05. The minimum atomic E-state index is 0.806. The monoisotopic (exact) mass is 304 g/mol. The maximum absolute atomic E-state index is 5.69. The van der Waals surface area contributed by atoms with Crippen LogP contribution in [0.3, 0.4) is 0 Å². The Hall–Kier alpha value is -1.48. The number of nitrogens with two attached hydrogens (primary N) is 1. The molecule has 2 aromatic rings. The Balaban J connectivity index is 2.13. The summed E-state index contributed by atoms with van der Waals surface area (Å²) in [5, 5.41) is 0. The number of hydrogen-bond acceptors (Lipinski definition) is 2. The SMILES string of the molecule is Cc1cc(N(C)Cc2ccc(N)cc2)ccc1Br. The lowest BCUT2D eigenvalue weighted by atomic mass is 10.1. The summed E-state index contributed by atoms with van der Waals surface area (Å²) in [6, 6.07) is 14.4. The molecule has 94 valence electrons. The van der Waals surface area contributed by atoms with Crippen LogP contribution in [-0.2, 0) is 6.54 Å². The lowest BCUT2D eigenvalue weighted by Gasteiger charge is -2.20. The van der Waals surface area contributed by atoms with Gasteiger partial charge >= 0.3 is 0 Å². The Morgan fingerprint density at radius 1 is 1.11 bits per heavy atom. The third-order valence-electron chi connectivity index (χ3n) is 2.98. The van der Waals surface area contributed by atoms with E-state index in [4.69, 9.17) is 5.73 Å². The first-order valence-corrected chi connectivity index (χ1v) is 6.67. The molecule has 0 heterocycles. The topological polar surface area (TPSA) is 29.3 Å². The number of halogens is 1. The molecule has 2 N–H and O–H groups in total. The van der Waals surface area contributed by atoms with E-state index in [-0.39, 0.29) is 0 Å². The van der Waals surface area contributed by atoms with Gasteiger partial charge in [-0.1, -0.05) is 28.1 Å². The van der Waals surface area contributed by atoms with Crippen LogP contribution in [0.2, 0.25) is 0 Å². The van der Waals surface area contributed by atoms with Gasteiger partial charge in [-0.15, -0.1) is 0 Å². The Bertz CT molecular complexity index is 535. The highest BCUT2D eigenvalue weighted by Crippen LogP contribution is 2.23. The van der Waals surface area contributed by atoms with Crippen LogP contribution >= 0.6 is 15.9 Å². The van der Waals surface area contributed by atoms with E-state index in [0.29, 0.717) is 0 Å². The highest BCUT2D eigenvalue weighted by atomic mass is 79.9. The predicted molar refractivity (Wildman–Crippen MR) is 81.8 cm³/mol. The Labute approximate surface area is 117 Å². The first kappa shape index (κ1) is 13.0. The zero-order valence-electron chi connectivity index (χ0n) is 10.7. The normalized spacial score (nSPS) is 10.4. The highest BCUT2D eigenvalue weighted by molar-refractivity contribution is 9.10. The lowest BCUT2D eigenvalue weighted by Crippen LogP contribution is -2.16. The third-order valence-corrected chi connectivity index (χ3v) is 3.87. The number of rotatable bonds is 3. The van der Waals surface area contributed by atoms with Crippen molar-refractivity contribution in [2.75, 3.05) is 17.7 Å². The van der Waals surface area contributed by atoms with E-state index in [2.05, 4.69) is 65.1 Å². The fourth-order valence-electron chi connectivity index (χ4n) is 1.85. The second-order valence-corrected chi connectivity index (χ2v) is 5.39. The summed E-state index contributed by atoms with van der Waals surface area (Å²) >= 11 is 3.52. The molecule has 2 nitrogen and oxygen atoms in total. The molecule has 0 spiro atoms. The van der Waals surface area contributed by atoms with Gasteiger partial charge in [0.2, 0.25) is 0 Å². The number of nitrogens with zero attached hydrogens (tertiary/aromatic N) is 1. The van der Waals surface area contributed by atoms with Gasteiger partial charge in [-0.2, -0.15) is 0 Å². The quantitative estimate of drug-likeness (QED) is 0.869. The van der Waals surface area contributed by atoms with Crippen molar-refractivity contribution >= 4 is 27.3 Å². The van der Waals surface area contributed by atoms with Crippen molar-refractivity contribution in [3.63, 3.8) is 0 Å². The number of hydrogen-bond donors (Lipinski definition) is 1. The van der Waals surface area contributed by atoms with Gasteiger partial charge in [-0.25, -0.2) is 0 Å². The summed E-state index contributed by atoms with van der Waals surface area (Å²) in [5.41, 5.74) is 10.2. The van der Waals surface area contributed by atoms with E-state index in [9.17, 15) is 0 Å². The molecule has 0 fully saturated rings. The van der Waals surface area contributed by atoms with Crippen LogP contribution in [0.4, 0.5) is 11.4 Å². The molecule has 2 aromatic carbocycles. The van der Waals surface area contributed by atoms with Gasteiger partial charge < -0.3 is 10.6 Å². The molecular formula is C15H17BrN2. The molecule has 0 unspecified atom stereocenters. The van der Waals surface area contributed by atoms with Crippen molar-refractivity contribution in [2.24, 2.45) is 0 Å².